The highest BCUT2D eigenvalue weighted by Gasteiger charge is 2.21. The smallest absolute Gasteiger partial charge is 0.227 e. The summed E-state index contributed by atoms with van der Waals surface area (Å²) < 4.78 is 0. The third kappa shape index (κ3) is 4.32. The zero-order valence-electron chi connectivity index (χ0n) is 14.1. The molecule has 0 spiro atoms. The topological polar surface area (TPSA) is 23.6 Å². The average molecular weight is 340 g/mol. The van der Waals surface area contributed by atoms with Gasteiger partial charge < -0.3 is 9.80 Å². The lowest BCUT2D eigenvalue weighted by Gasteiger charge is -2.36. The normalized spacial score (nSPS) is 14.7. The fourth-order valence-corrected chi connectivity index (χ4v) is 3.67. The fraction of sp³-hybridized carbons (Fsp3) is 0.350. The Kier molecular flexibility index (Phi) is 5.81. The van der Waals surface area contributed by atoms with Gasteiger partial charge in [0.1, 0.15) is 0 Å². The van der Waals surface area contributed by atoms with Crippen LogP contribution in [-0.4, -0.2) is 42.7 Å². The monoisotopic (exact) mass is 340 g/mol. The first kappa shape index (κ1) is 16.9. The van der Waals surface area contributed by atoms with Crippen molar-refractivity contribution < 1.29 is 4.79 Å². The van der Waals surface area contributed by atoms with Gasteiger partial charge in [0.2, 0.25) is 5.91 Å². The van der Waals surface area contributed by atoms with Crippen molar-refractivity contribution >= 4 is 23.4 Å². The number of carbonyl (C=O) groups excluding carboxylic acids is 1. The molecule has 3 rings (SSSR count). The van der Waals surface area contributed by atoms with E-state index in [1.807, 2.05) is 22.7 Å². The Morgan fingerprint density at radius 3 is 2.25 bits per heavy atom. The zero-order chi connectivity index (χ0) is 16.8. The van der Waals surface area contributed by atoms with Gasteiger partial charge in [-0.1, -0.05) is 37.3 Å². The number of para-hydroxylation sites is 1. The van der Waals surface area contributed by atoms with Crippen molar-refractivity contribution in [1.29, 1.82) is 0 Å². The first-order valence-electron chi connectivity index (χ1n) is 8.56. The highest BCUT2D eigenvalue weighted by atomic mass is 32.2. The number of hydrogen-bond donors (Lipinski definition) is 0. The molecule has 24 heavy (non-hydrogen) atoms. The number of piperazine rings is 1. The highest BCUT2D eigenvalue weighted by Crippen LogP contribution is 2.19. The summed E-state index contributed by atoms with van der Waals surface area (Å²) in [5.74, 6) is 1.31. The molecule has 0 bridgehead atoms. The molecule has 4 heteroatoms. The number of carbonyl (C=O) groups is 1. The standard InChI is InChI=1S/C20H24N2OS/c1-2-24-19-10-8-17(9-11-19)16-20(23)22-14-12-21(13-15-22)18-6-4-3-5-7-18/h3-11H,2,12-16H2,1H3. The molecule has 0 unspecified atom stereocenters. The Morgan fingerprint density at radius 1 is 0.958 bits per heavy atom. The van der Waals surface area contributed by atoms with E-state index < -0.39 is 0 Å². The Bertz CT molecular complexity index is 649. The minimum atomic E-state index is 0.235. The highest BCUT2D eigenvalue weighted by molar-refractivity contribution is 7.99. The van der Waals surface area contributed by atoms with Gasteiger partial charge in [0.15, 0.2) is 0 Å². The van der Waals surface area contributed by atoms with Crippen LogP contribution in [0.15, 0.2) is 59.5 Å². The van der Waals surface area contributed by atoms with Gasteiger partial charge in [0, 0.05) is 36.8 Å². The van der Waals surface area contributed by atoms with E-state index in [0.717, 1.165) is 37.5 Å². The van der Waals surface area contributed by atoms with Gasteiger partial charge in [-0.2, -0.15) is 0 Å². The maximum Gasteiger partial charge on any atom is 0.227 e. The Balaban J connectivity index is 1.51. The predicted octanol–water partition coefficient (Wildman–Crippen LogP) is 3.69. The summed E-state index contributed by atoms with van der Waals surface area (Å²) in [5.41, 5.74) is 2.35. The number of amides is 1. The lowest BCUT2D eigenvalue weighted by molar-refractivity contribution is -0.130. The molecule has 0 aromatic heterocycles. The number of hydrogen-bond acceptors (Lipinski definition) is 3. The van der Waals surface area contributed by atoms with Crippen molar-refractivity contribution in [2.24, 2.45) is 0 Å². The van der Waals surface area contributed by atoms with Crippen LogP contribution in [0.5, 0.6) is 0 Å². The van der Waals surface area contributed by atoms with E-state index in [9.17, 15) is 4.79 Å². The summed E-state index contributed by atoms with van der Waals surface area (Å²) in [7, 11) is 0. The lowest BCUT2D eigenvalue weighted by Crippen LogP contribution is -2.49. The largest absolute Gasteiger partial charge is 0.368 e. The van der Waals surface area contributed by atoms with Crippen LogP contribution in [0.4, 0.5) is 5.69 Å². The SMILES string of the molecule is CCSc1ccc(CC(=O)N2CCN(c3ccccc3)CC2)cc1. The molecule has 0 saturated carbocycles. The van der Waals surface area contributed by atoms with Crippen molar-refractivity contribution in [2.45, 2.75) is 18.2 Å². The van der Waals surface area contributed by atoms with Gasteiger partial charge in [0.05, 0.1) is 6.42 Å². The number of anilines is 1. The van der Waals surface area contributed by atoms with Gasteiger partial charge in [-0.15, -0.1) is 11.8 Å². The maximum atomic E-state index is 12.5. The van der Waals surface area contributed by atoms with Crippen molar-refractivity contribution in [2.75, 3.05) is 36.8 Å². The summed E-state index contributed by atoms with van der Waals surface area (Å²) in [4.78, 5) is 18.1. The van der Waals surface area contributed by atoms with E-state index in [1.165, 1.54) is 10.6 Å². The minimum Gasteiger partial charge on any atom is -0.368 e. The van der Waals surface area contributed by atoms with Crippen LogP contribution in [0.2, 0.25) is 0 Å². The molecule has 1 aliphatic rings. The molecule has 1 saturated heterocycles. The molecule has 0 atom stereocenters. The molecule has 0 N–H and O–H groups in total. The fourth-order valence-electron chi connectivity index (χ4n) is 3.01. The summed E-state index contributed by atoms with van der Waals surface area (Å²) in [5, 5.41) is 0. The van der Waals surface area contributed by atoms with Crippen molar-refractivity contribution in [3.63, 3.8) is 0 Å². The first-order valence-corrected chi connectivity index (χ1v) is 9.54. The van der Waals surface area contributed by atoms with E-state index in [4.69, 9.17) is 0 Å². The third-order valence-electron chi connectivity index (χ3n) is 4.34. The second-order valence-electron chi connectivity index (χ2n) is 5.96. The molecule has 0 radical (unpaired) electrons. The van der Waals surface area contributed by atoms with Crippen LogP contribution in [0.25, 0.3) is 0 Å². The lowest BCUT2D eigenvalue weighted by atomic mass is 10.1. The number of benzene rings is 2. The predicted molar refractivity (Wildman–Crippen MR) is 102 cm³/mol. The minimum absolute atomic E-state index is 0.235. The first-order chi connectivity index (χ1) is 11.8. The molecule has 1 amide bonds. The quantitative estimate of drug-likeness (QED) is 0.776. The van der Waals surface area contributed by atoms with E-state index in [0.29, 0.717) is 6.42 Å². The molecule has 1 aliphatic heterocycles. The third-order valence-corrected chi connectivity index (χ3v) is 5.24. The van der Waals surface area contributed by atoms with Gasteiger partial charge in [-0.3, -0.25) is 4.79 Å². The van der Waals surface area contributed by atoms with Crippen LogP contribution in [-0.2, 0) is 11.2 Å². The van der Waals surface area contributed by atoms with Crippen molar-refractivity contribution in [3.8, 4) is 0 Å². The number of nitrogens with zero attached hydrogens (tertiary/aromatic N) is 2. The van der Waals surface area contributed by atoms with E-state index in [2.05, 4.69) is 60.4 Å². The Morgan fingerprint density at radius 2 is 1.62 bits per heavy atom. The van der Waals surface area contributed by atoms with E-state index in [1.54, 1.807) is 0 Å². The second kappa shape index (κ2) is 8.25. The Hall–Kier alpha value is -1.94. The van der Waals surface area contributed by atoms with Crippen molar-refractivity contribution in [3.05, 3.63) is 60.2 Å². The molecule has 1 heterocycles. The zero-order valence-corrected chi connectivity index (χ0v) is 15.0. The maximum absolute atomic E-state index is 12.5. The summed E-state index contributed by atoms with van der Waals surface area (Å²) in [6.07, 6.45) is 0.502. The average Bonchev–Trinajstić information content (AvgIpc) is 2.64. The van der Waals surface area contributed by atoms with E-state index >= 15 is 0 Å². The molecule has 2 aromatic carbocycles. The Labute approximate surface area is 148 Å². The van der Waals surface area contributed by atoms with Gasteiger partial charge >= 0.3 is 0 Å². The van der Waals surface area contributed by atoms with Gasteiger partial charge in [0.25, 0.3) is 0 Å². The van der Waals surface area contributed by atoms with Gasteiger partial charge in [-0.05, 0) is 35.6 Å². The van der Waals surface area contributed by atoms with Crippen molar-refractivity contribution in [1.82, 2.24) is 4.90 Å². The molecule has 3 nitrogen and oxygen atoms in total. The number of thioether (sulfide) groups is 1. The van der Waals surface area contributed by atoms with Crippen LogP contribution in [0, 0.1) is 0 Å². The van der Waals surface area contributed by atoms with Crippen LogP contribution < -0.4 is 4.90 Å². The van der Waals surface area contributed by atoms with Gasteiger partial charge in [-0.25, -0.2) is 0 Å². The van der Waals surface area contributed by atoms with Crippen LogP contribution in [0.1, 0.15) is 12.5 Å². The second-order valence-corrected chi connectivity index (χ2v) is 7.29. The molecule has 126 valence electrons. The molecule has 2 aromatic rings. The molecule has 0 aliphatic carbocycles. The number of rotatable bonds is 5. The summed E-state index contributed by atoms with van der Waals surface area (Å²) >= 11 is 1.83. The van der Waals surface area contributed by atoms with Crippen LogP contribution >= 0.6 is 11.8 Å². The molecule has 1 fully saturated rings. The summed E-state index contributed by atoms with van der Waals surface area (Å²) in [6.45, 7) is 5.57. The summed E-state index contributed by atoms with van der Waals surface area (Å²) in [6, 6.07) is 18.8. The van der Waals surface area contributed by atoms with E-state index in [-0.39, 0.29) is 5.91 Å². The molecular formula is C20H24N2OS. The molecular weight excluding hydrogens is 316 g/mol. The van der Waals surface area contributed by atoms with Crippen LogP contribution in [0.3, 0.4) is 0 Å².